The molecule has 0 N–H and O–H groups in total. The second-order valence-corrected chi connectivity index (χ2v) is 18.5. The fourth-order valence-corrected chi connectivity index (χ4v) is 2.23. The first-order valence-electron chi connectivity index (χ1n) is 9.04. The van der Waals surface area contributed by atoms with Crippen LogP contribution in [0.1, 0.15) is 5.56 Å². The predicted octanol–water partition coefficient (Wildman–Crippen LogP) is 5.67. The molecule has 2 rings (SSSR count). The van der Waals surface area contributed by atoms with Gasteiger partial charge in [0.05, 0.1) is 26.6 Å². The molecule has 0 aliphatic carbocycles. The molecule has 0 fully saturated rings. The van der Waals surface area contributed by atoms with Crippen molar-refractivity contribution < 1.29 is 9.47 Å². The van der Waals surface area contributed by atoms with E-state index in [9.17, 15) is 0 Å². The third-order valence-electron chi connectivity index (χ3n) is 2.88. The third-order valence-corrected chi connectivity index (χ3v) is 5.05. The molecule has 2 aromatic heterocycles. The second kappa shape index (κ2) is 13.2. The van der Waals surface area contributed by atoms with Crippen LogP contribution in [-0.4, -0.2) is 40.3 Å². The molecule has 0 spiro atoms. The lowest BCUT2D eigenvalue weighted by Gasteiger charge is -2.03. The van der Waals surface area contributed by atoms with E-state index in [0.29, 0.717) is 0 Å². The summed E-state index contributed by atoms with van der Waals surface area (Å²) in [6.07, 6.45) is 11.9. The summed E-state index contributed by atoms with van der Waals surface area (Å²) in [4.78, 5) is 7.93. The lowest BCUT2D eigenvalue weighted by Crippen LogP contribution is -2.16. The number of rotatable bonds is 2. The molecule has 0 unspecified atom stereocenters. The van der Waals surface area contributed by atoms with E-state index < -0.39 is 16.1 Å². The van der Waals surface area contributed by atoms with E-state index in [1.54, 1.807) is 39.0 Å². The van der Waals surface area contributed by atoms with Crippen LogP contribution in [0.3, 0.4) is 0 Å². The molecule has 29 heavy (non-hydrogen) atoms. The van der Waals surface area contributed by atoms with Crippen molar-refractivity contribution in [3.8, 4) is 34.9 Å². The summed E-state index contributed by atoms with van der Waals surface area (Å²) in [5, 5.41) is 0. The van der Waals surface area contributed by atoms with E-state index in [1.165, 1.54) is 0 Å². The minimum absolute atomic E-state index is 0.757. The van der Waals surface area contributed by atoms with Crippen LogP contribution in [0.2, 0.25) is 39.3 Å². The van der Waals surface area contributed by atoms with Crippen LogP contribution in [0.4, 0.5) is 0 Å². The second-order valence-electron chi connectivity index (χ2n) is 8.05. The molecule has 7 heteroatoms. The molecular formula is C22H31BrN2O2Si2. The SMILES string of the molecule is C#C[Si](C)(C)C.COc1cncc(Br)c1.COc1cncc(C#C[Si](C)(C)C)c1. The third kappa shape index (κ3) is 15.5. The molecule has 0 aliphatic rings. The first-order chi connectivity index (χ1) is 13.4. The number of methoxy groups -OCH3 is 2. The Morgan fingerprint density at radius 3 is 1.69 bits per heavy atom. The summed E-state index contributed by atoms with van der Waals surface area (Å²) < 4.78 is 10.9. The maximum Gasteiger partial charge on any atom is 0.138 e. The van der Waals surface area contributed by atoms with Crippen molar-refractivity contribution in [2.45, 2.75) is 39.3 Å². The minimum Gasteiger partial charge on any atom is -0.495 e. The molecule has 0 atom stereocenters. The van der Waals surface area contributed by atoms with Crippen molar-refractivity contribution in [2.24, 2.45) is 0 Å². The largest absolute Gasteiger partial charge is 0.495 e. The van der Waals surface area contributed by atoms with Crippen molar-refractivity contribution in [2.75, 3.05) is 14.2 Å². The molecule has 2 heterocycles. The zero-order chi connectivity index (χ0) is 22.5. The molecular weight excluding hydrogens is 460 g/mol. The Bertz CT molecular complexity index is 858. The quantitative estimate of drug-likeness (QED) is 0.401. The first-order valence-corrected chi connectivity index (χ1v) is 16.8. The Hall–Kier alpha value is -2.07. The predicted molar refractivity (Wildman–Crippen MR) is 132 cm³/mol. The van der Waals surface area contributed by atoms with Crippen molar-refractivity contribution in [1.82, 2.24) is 9.97 Å². The number of pyridine rings is 2. The van der Waals surface area contributed by atoms with Gasteiger partial charge in [0, 0.05) is 22.4 Å². The van der Waals surface area contributed by atoms with E-state index in [0.717, 1.165) is 21.5 Å². The highest BCUT2D eigenvalue weighted by molar-refractivity contribution is 9.10. The number of nitrogens with zero attached hydrogens (tertiary/aromatic N) is 2. The summed E-state index contributed by atoms with van der Waals surface area (Å²) in [5.74, 6) is 4.65. The van der Waals surface area contributed by atoms with Crippen LogP contribution in [0.15, 0.2) is 41.4 Å². The molecule has 0 radical (unpaired) electrons. The smallest absolute Gasteiger partial charge is 0.138 e. The van der Waals surface area contributed by atoms with Crippen molar-refractivity contribution in [3.63, 3.8) is 0 Å². The number of hydrogen-bond acceptors (Lipinski definition) is 4. The lowest BCUT2D eigenvalue weighted by atomic mass is 10.3. The monoisotopic (exact) mass is 490 g/mol. The van der Waals surface area contributed by atoms with E-state index in [1.807, 2.05) is 12.1 Å². The summed E-state index contributed by atoms with van der Waals surface area (Å²) in [6.45, 7) is 13.1. The van der Waals surface area contributed by atoms with Crippen LogP contribution in [0.5, 0.6) is 11.5 Å². The van der Waals surface area contributed by atoms with Crippen molar-refractivity contribution >= 4 is 32.1 Å². The molecule has 4 nitrogen and oxygen atoms in total. The molecule has 0 amide bonds. The number of aromatic nitrogens is 2. The maximum absolute atomic E-state index is 5.12. The summed E-state index contributed by atoms with van der Waals surface area (Å²) >= 11 is 3.26. The van der Waals surface area contributed by atoms with E-state index in [-0.39, 0.29) is 0 Å². The van der Waals surface area contributed by atoms with Gasteiger partial charge in [-0.2, -0.15) is 0 Å². The van der Waals surface area contributed by atoms with Gasteiger partial charge in [0.1, 0.15) is 27.6 Å². The fourth-order valence-electron chi connectivity index (χ4n) is 1.36. The molecule has 0 aliphatic heterocycles. The molecule has 0 saturated carbocycles. The molecule has 156 valence electrons. The van der Waals surface area contributed by atoms with E-state index in [4.69, 9.17) is 15.9 Å². The maximum atomic E-state index is 5.12. The molecule has 2 aromatic rings. The average molecular weight is 492 g/mol. The Kier molecular flexibility index (Phi) is 12.3. The topological polar surface area (TPSA) is 44.2 Å². The highest BCUT2D eigenvalue weighted by Gasteiger charge is 2.07. The lowest BCUT2D eigenvalue weighted by molar-refractivity contribution is 0.412. The molecule has 0 saturated heterocycles. The van der Waals surface area contributed by atoms with Gasteiger partial charge in [-0.1, -0.05) is 45.2 Å². The Morgan fingerprint density at radius 2 is 1.31 bits per heavy atom. The number of hydrogen-bond donors (Lipinski definition) is 0. The van der Waals surface area contributed by atoms with Crippen LogP contribution in [0, 0.1) is 23.4 Å². The van der Waals surface area contributed by atoms with Gasteiger partial charge in [-0.25, -0.2) is 0 Å². The summed E-state index contributed by atoms with van der Waals surface area (Å²) in [6, 6.07) is 3.76. The van der Waals surface area contributed by atoms with E-state index in [2.05, 4.69) is 82.2 Å². The van der Waals surface area contributed by atoms with Gasteiger partial charge in [0.15, 0.2) is 0 Å². The van der Waals surface area contributed by atoms with Crippen LogP contribution in [0.25, 0.3) is 0 Å². The van der Waals surface area contributed by atoms with Gasteiger partial charge in [0.2, 0.25) is 0 Å². The average Bonchev–Trinajstić information content (AvgIpc) is 2.66. The number of ether oxygens (including phenoxy) is 2. The number of terminal acetylenes is 1. The van der Waals surface area contributed by atoms with Gasteiger partial charge in [-0.05, 0) is 28.1 Å². The van der Waals surface area contributed by atoms with Gasteiger partial charge < -0.3 is 9.47 Å². The Balaban J connectivity index is 0.000000448. The van der Waals surface area contributed by atoms with Crippen molar-refractivity contribution in [1.29, 1.82) is 0 Å². The van der Waals surface area contributed by atoms with Crippen LogP contribution >= 0.6 is 15.9 Å². The van der Waals surface area contributed by atoms with Crippen LogP contribution in [-0.2, 0) is 0 Å². The van der Waals surface area contributed by atoms with E-state index >= 15 is 0 Å². The zero-order valence-corrected chi connectivity index (χ0v) is 22.2. The first kappa shape index (κ1) is 26.9. The molecule has 0 bridgehead atoms. The van der Waals surface area contributed by atoms with Gasteiger partial charge in [-0.3, -0.25) is 9.97 Å². The van der Waals surface area contributed by atoms with Gasteiger partial charge in [-0.15, -0.1) is 17.5 Å². The van der Waals surface area contributed by atoms with Gasteiger partial charge in [0.25, 0.3) is 0 Å². The van der Waals surface area contributed by atoms with Crippen molar-refractivity contribution in [3.05, 3.63) is 47.0 Å². The minimum atomic E-state index is -1.30. The fraction of sp³-hybridized carbons (Fsp3) is 0.364. The Labute approximate surface area is 186 Å². The van der Waals surface area contributed by atoms with Gasteiger partial charge >= 0.3 is 0 Å². The summed E-state index contributed by atoms with van der Waals surface area (Å²) in [7, 11) is 0.846. The van der Waals surface area contributed by atoms with Crippen LogP contribution < -0.4 is 9.47 Å². The molecule has 0 aromatic carbocycles. The Morgan fingerprint density at radius 1 is 0.828 bits per heavy atom. The standard InChI is InChI=1S/C11H15NOSi.C6H6BrNO.C5H10Si/c1-13-11-7-10(8-12-9-11)5-6-14(2,3)4;1-9-6-2-5(7)3-8-4-6;1-5-6(2,3)4/h7-9H,1-4H3;2-4H,1H3;1H,2-4H3. The zero-order valence-electron chi connectivity index (χ0n) is 18.6. The highest BCUT2D eigenvalue weighted by Crippen LogP contribution is 2.14. The normalized spacial score (nSPS) is 9.93. The summed E-state index contributed by atoms with van der Waals surface area (Å²) in [5.41, 5.74) is 6.95. The number of halogens is 1. The highest BCUT2D eigenvalue weighted by atomic mass is 79.9.